The molecular formula is C18H22OS. The van der Waals surface area contributed by atoms with Gasteiger partial charge in [-0.3, -0.25) is 0 Å². The van der Waals surface area contributed by atoms with E-state index in [1.54, 1.807) is 5.41 Å². The van der Waals surface area contributed by atoms with Crippen LogP contribution in [0, 0.1) is 5.41 Å². The second-order valence-corrected chi connectivity index (χ2v) is 7.20. The SMILES string of the molecule is C=C1CCCC(C)(C)/C1=C/C=C\S(=O)c1ccccc1. The Bertz CT molecular complexity index is 564. The molecule has 0 spiro atoms. The first-order valence-electron chi connectivity index (χ1n) is 7.03. The molecule has 0 amide bonds. The molecule has 1 saturated carbocycles. The van der Waals surface area contributed by atoms with Gasteiger partial charge in [-0.1, -0.05) is 56.4 Å². The summed E-state index contributed by atoms with van der Waals surface area (Å²) in [6.07, 6.45) is 7.47. The summed E-state index contributed by atoms with van der Waals surface area (Å²) in [5, 5.41) is 1.75. The first-order valence-corrected chi connectivity index (χ1v) is 8.25. The van der Waals surface area contributed by atoms with Gasteiger partial charge in [0.15, 0.2) is 0 Å². The summed E-state index contributed by atoms with van der Waals surface area (Å²) < 4.78 is 12.1. The van der Waals surface area contributed by atoms with Crippen LogP contribution in [-0.2, 0) is 10.8 Å². The highest BCUT2D eigenvalue weighted by Crippen LogP contribution is 2.42. The highest BCUT2D eigenvalue weighted by Gasteiger charge is 2.28. The molecule has 1 aliphatic rings. The molecule has 0 bridgehead atoms. The minimum atomic E-state index is -1.08. The molecule has 0 aromatic heterocycles. The van der Waals surface area contributed by atoms with Crippen molar-refractivity contribution < 1.29 is 4.21 Å². The van der Waals surface area contributed by atoms with Gasteiger partial charge in [-0.05, 0) is 42.4 Å². The third kappa shape index (κ3) is 3.57. The summed E-state index contributed by atoms with van der Waals surface area (Å²) in [6.45, 7) is 8.68. The van der Waals surface area contributed by atoms with Crippen LogP contribution >= 0.6 is 0 Å². The van der Waals surface area contributed by atoms with E-state index in [0.29, 0.717) is 0 Å². The fourth-order valence-corrected chi connectivity index (χ4v) is 3.48. The second-order valence-electron chi connectivity index (χ2n) is 5.86. The maximum Gasteiger partial charge on any atom is 0.0775 e. The fourth-order valence-electron chi connectivity index (χ4n) is 2.68. The van der Waals surface area contributed by atoms with Gasteiger partial charge in [0.1, 0.15) is 0 Å². The Morgan fingerprint density at radius 1 is 1.25 bits per heavy atom. The summed E-state index contributed by atoms with van der Waals surface area (Å²) in [7, 11) is -1.08. The number of benzene rings is 1. The van der Waals surface area contributed by atoms with E-state index >= 15 is 0 Å². The highest BCUT2D eigenvalue weighted by atomic mass is 32.2. The van der Waals surface area contributed by atoms with Crippen LogP contribution in [0.3, 0.4) is 0 Å². The van der Waals surface area contributed by atoms with E-state index in [1.165, 1.54) is 24.0 Å². The molecule has 2 rings (SSSR count). The lowest BCUT2D eigenvalue weighted by Gasteiger charge is -2.34. The third-order valence-corrected chi connectivity index (χ3v) is 4.97. The van der Waals surface area contributed by atoms with E-state index in [-0.39, 0.29) is 5.41 Å². The van der Waals surface area contributed by atoms with Crippen molar-refractivity contribution in [2.24, 2.45) is 5.41 Å². The van der Waals surface area contributed by atoms with Gasteiger partial charge in [-0.15, -0.1) is 0 Å². The normalized spacial score (nSPS) is 22.3. The molecule has 1 nitrogen and oxygen atoms in total. The molecule has 1 unspecified atom stereocenters. The Hall–Kier alpha value is -1.41. The molecule has 0 radical (unpaired) electrons. The van der Waals surface area contributed by atoms with Crippen LogP contribution in [0.15, 0.2) is 70.5 Å². The molecule has 1 atom stereocenters. The Balaban J connectivity index is 2.13. The maximum absolute atomic E-state index is 12.1. The summed E-state index contributed by atoms with van der Waals surface area (Å²) in [6, 6.07) is 9.52. The van der Waals surface area contributed by atoms with E-state index in [4.69, 9.17) is 0 Å². The Morgan fingerprint density at radius 2 is 1.95 bits per heavy atom. The summed E-state index contributed by atoms with van der Waals surface area (Å²) in [5.74, 6) is 0. The molecular weight excluding hydrogens is 264 g/mol. The number of allylic oxidation sites excluding steroid dienone is 4. The van der Waals surface area contributed by atoms with Crippen molar-refractivity contribution in [3.05, 3.63) is 65.6 Å². The molecule has 1 aliphatic carbocycles. The number of rotatable bonds is 3. The van der Waals surface area contributed by atoms with Gasteiger partial charge < -0.3 is 0 Å². The van der Waals surface area contributed by atoms with Crippen molar-refractivity contribution >= 4 is 10.8 Å². The molecule has 1 aromatic rings. The van der Waals surface area contributed by atoms with Gasteiger partial charge in [0.05, 0.1) is 10.8 Å². The summed E-state index contributed by atoms with van der Waals surface area (Å²) in [4.78, 5) is 0.837. The van der Waals surface area contributed by atoms with Gasteiger partial charge in [0.25, 0.3) is 0 Å². The third-order valence-electron chi connectivity index (χ3n) is 3.83. The quantitative estimate of drug-likeness (QED) is 0.764. The van der Waals surface area contributed by atoms with Crippen molar-refractivity contribution in [1.82, 2.24) is 0 Å². The number of hydrogen-bond donors (Lipinski definition) is 0. The monoisotopic (exact) mass is 286 g/mol. The lowest BCUT2D eigenvalue weighted by molar-refractivity contribution is 0.371. The van der Waals surface area contributed by atoms with E-state index in [9.17, 15) is 4.21 Å². The topological polar surface area (TPSA) is 17.1 Å². The molecule has 20 heavy (non-hydrogen) atoms. The summed E-state index contributed by atoms with van der Waals surface area (Å²) in [5.41, 5.74) is 2.69. The van der Waals surface area contributed by atoms with Gasteiger partial charge in [0.2, 0.25) is 0 Å². The molecule has 1 aromatic carbocycles. The molecule has 106 valence electrons. The van der Waals surface area contributed by atoms with E-state index in [2.05, 4.69) is 26.5 Å². The predicted molar refractivity (Wildman–Crippen MR) is 86.8 cm³/mol. The van der Waals surface area contributed by atoms with Gasteiger partial charge in [-0.25, -0.2) is 4.21 Å². The Morgan fingerprint density at radius 3 is 2.60 bits per heavy atom. The van der Waals surface area contributed by atoms with E-state index < -0.39 is 10.8 Å². The molecule has 0 saturated heterocycles. The highest BCUT2D eigenvalue weighted by molar-refractivity contribution is 7.88. The van der Waals surface area contributed by atoms with Crippen molar-refractivity contribution in [2.75, 3.05) is 0 Å². The summed E-state index contributed by atoms with van der Waals surface area (Å²) >= 11 is 0. The first kappa shape index (κ1) is 15.0. The lowest BCUT2D eigenvalue weighted by atomic mass is 9.71. The lowest BCUT2D eigenvalue weighted by Crippen LogP contribution is -2.20. The Labute approximate surface area is 124 Å². The Kier molecular flexibility index (Phi) is 4.77. The first-order chi connectivity index (χ1) is 9.50. The zero-order valence-electron chi connectivity index (χ0n) is 12.3. The minimum absolute atomic E-state index is 0.175. The molecule has 0 N–H and O–H groups in total. The molecule has 0 aliphatic heterocycles. The zero-order valence-corrected chi connectivity index (χ0v) is 13.1. The second kappa shape index (κ2) is 6.36. The maximum atomic E-state index is 12.1. The fraction of sp³-hybridized carbons (Fsp3) is 0.333. The van der Waals surface area contributed by atoms with Crippen LogP contribution in [0.5, 0.6) is 0 Å². The smallest absolute Gasteiger partial charge is 0.0775 e. The van der Waals surface area contributed by atoms with E-state index in [1.807, 2.05) is 36.4 Å². The van der Waals surface area contributed by atoms with Gasteiger partial charge >= 0.3 is 0 Å². The van der Waals surface area contributed by atoms with Crippen molar-refractivity contribution in [2.45, 2.75) is 38.0 Å². The van der Waals surface area contributed by atoms with Crippen LogP contribution in [0.1, 0.15) is 33.1 Å². The average molecular weight is 286 g/mol. The average Bonchev–Trinajstić information content (AvgIpc) is 2.42. The van der Waals surface area contributed by atoms with Crippen LogP contribution in [0.2, 0.25) is 0 Å². The number of hydrogen-bond acceptors (Lipinski definition) is 1. The van der Waals surface area contributed by atoms with Crippen molar-refractivity contribution in [3.8, 4) is 0 Å². The largest absolute Gasteiger partial charge is 0.250 e. The standard InChI is InChI=1S/C18H22OS/c1-15-9-7-13-18(2,3)17(15)12-8-14-20(19)16-10-5-4-6-11-16/h4-6,8,10-12,14H,1,7,9,13H2,2-3H3/b14-8-,17-12+. The van der Waals surface area contributed by atoms with Crippen molar-refractivity contribution in [3.63, 3.8) is 0 Å². The molecule has 1 fully saturated rings. The molecule has 0 heterocycles. The van der Waals surface area contributed by atoms with Gasteiger partial charge in [0, 0.05) is 10.3 Å². The van der Waals surface area contributed by atoms with Crippen LogP contribution < -0.4 is 0 Å². The van der Waals surface area contributed by atoms with Gasteiger partial charge in [-0.2, -0.15) is 0 Å². The van der Waals surface area contributed by atoms with Crippen molar-refractivity contribution in [1.29, 1.82) is 0 Å². The van der Waals surface area contributed by atoms with Crippen LogP contribution in [-0.4, -0.2) is 4.21 Å². The van der Waals surface area contributed by atoms with E-state index in [0.717, 1.165) is 11.3 Å². The molecule has 2 heteroatoms. The minimum Gasteiger partial charge on any atom is -0.250 e. The van der Waals surface area contributed by atoms with Crippen LogP contribution in [0.4, 0.5) is 0 Å². The predicted octanol–water partition coefficient (Wildman–Crippen LogP) is 5.00. The zero-order chi connectivity index (χ0) is 14.6. The van der Waals surface area contributed by atoms with Crippen LogP contribution in [0.25, 0.3) is 0 Å².